The quantitative estimate of drug-likeness (QED) is 0.0261. The average molecular weight is 1150 g/mol. The van der Waals surface area contributed by atoms with Crippen molar-refractivity contribution in [3.63, 3.8) is 0 Å². The smallest absolute Gasteiger partial charge is 0.306 e. The van der Waals surface area contributed by atoms with Gasteiger partial charge in [0, 0.05) is 19.3 Å². The second-order valence-electron chi connectivity index (χ2n) is 22.7. The number of unbranched alkanes of at least 4 members (excludes halogenated alkanes) is 29. The summed E-state index contributed by atoms with van der Waals surface area (Å²) in [7, 11) is 0. The molecule has 6 nitrogen and oxygen atoms in total. The molecule has 0 heterocycles. The number of hydrogen-bond donors (Lipinski definition) is 0. The Morgan fingerprint density at radius 1 is 0.253 bits per heavy atom. The summed E-state index contributed by atoms with van der Waals surface area (Å²) in [5, 5.41) is 0. The van der Waals surface area contributed by atoms with Crippen LogP contribution in [0.1, 0.15) is 316 Å². The van der Waals surface area contributed by atoms with E-state index >= 15 is 0 Å². The number of allylic oxidation sites excluding steroid dienone is 22. The standard InChI is InChI=1S/C77H128O6/c1-4-7-10-13-16-19-22-24-26-28-30-32-34-36-37-38-39-41-42-44-46-48-50-52-55-58-61-64-67-70-76(79)82-73-74(72-81-75(78)69-66-63-60-57-54-21-18-15-12-9-6-3)83-77(80)71-68-65-62-59-56-53-51-49-47-45-43-40-35-33-31-29-27-25-23-20-17-14-11-8-5-2/h7-8,10-11,16-17,19-20,24-27,30-33,36-37,39,41,44,46,74H,4-6,9,12-15,18,21-23,28-29,34-35,38,40,42-43,45,47-73H2,1-3H3/b10-7-,11-8-,19-16-,20-17-,26-24-,27-25-,32-30-,33-31-,37-36-,41-39-,46-44-. The molecule has 0 saturated carbocycles. The predicted molar refractivity (Wildman–Crippen MR) is 362 cm³/mol. The van der Waals surface area contributed by atoms with E-state index in [1.54, 1.807) is 0 Å². The summed E-state index contributed by atoms with van der Waals surface area (Å²) < 4.78 is 16.9. The first-order chi connectivity index (χ1) is 41.0. The van der Waals surface area contributed by atoms with Gasteiger partial charge in [0.1, 0.15) is 13.2 Å². The Hall–Kier alpha value is -4.45. The molecule has 0 saturated heterocycles. The van der Waals surface area contributed by atoms with E-state index < -0.39 is 6.10 Å². The molecule has 0 spiro atoms. The van der Waals surface area contributed by atoms with Gasteiger partial charge in [-0.05, 0) is 116 Å². The Labute approximate surface area is 513 Å². The molecule has 0 aromatic rings. The van der Waals surface area contributed by atoms with Crippen LogP contribution in [-0.2, 0) is 28.6 Å². The van der Waals surface area contributed by atoms with E-state index in [-0.39, 0.29) is 31.1 Å². The molecule has 6 heteroatoms. The van der Waals surface area contributed by atoms with Crippen molar-refractivity contribution in [1.29, 1.82) is 0 Å². The van der Waals surface area contributed by atoms with Gasteiger partial charge in [0.25, 0.3) is 0 Å². The molecule has 472 valence electrons. The minimum atomic E-state index is -0.787. The minimum Gasteiger partial charge on any atom is -0.462 e. The third-order valence-corrected chi connectivity index (χ3v) is 14.7. The highest BCUT2D eigenvalue weighted by atomic mass is 16.6. The summed E-state index contributed by atoms with van der Waals surface area (Å²) in [6.45, 7) is 6.42. The van der Waals surface area contributed by atoms with Crippen LogP contribution in [0.2, 0.25) is 0 Å². The van der Waals surface area contributed by atoms with Crippen molar-refractivity contribution in [1.82, 2.24) is 0 Å². The molecule has 0 N–H and O–H groups in total. The first kappa shape index (κ1) is 78.5. The third-order valence-electron chi connectivity index (χ3n) is 14.7. The topological polar surface area (TPSA) is 78.9 Å². The Morgan fingerprint density at radius 3 is 0.735 bits per heavy atom. The summed E-state index contributed by atoms with van der Waals surface area (Å²) >= 11 is 0. The van der Waals surface area contributed by atoms with E-state index in [2.05, 4.69) is 154 Å². The van der Waals surface area contributed by atoms with Crippen LogP contribution in [-0.4, -0.2) is 37.2 Å². The second kappa shape index (κ2) is 70.0. The molecule has 0 aliphatic rings. The monoisotopic (exact) mass is 1150 g/mol. The fourth-order valence-corrected chi connectivity index (χ4v) is 9.53. The molecule has 1 atom stereocenters. The van der Waals surface area contributed by atoms with Crippen molar-refractivity contribution >= 4 is 17.9 Å². The number of hydrogen-bond acceptors (Lipinski definition) is 6. The molecule has 0 fully saturated rings. The number of carbonyl (C=O) groups is 3. The normalized spacial score (nSPS) is 13.0. The first-order valence-corrected chi connectivity index (χ1v) is 34.7. The van der Waals surface area contributed by atoms with Gasteiger partial charge in [0.2, 0.25) is 0 Å². The average Bonchev–Trinajstić information content (AvgIpc) is 3.48. The molecule has 83 heavy (non-hydrogen) atoms. The summed E-state index contributed by atoms with van der Waals surface area (Å²) in [5.74, 6) is -0.888. The van der Waals surface area contributed by atoms with Crippen molar-refractivity contribution in [2.45, 2.75) is 322 Å². The van der Waals surface area contributed by atoms with E-state index in [1.165, 1.54) is 141 Å². The van der Waals surface area contributed by atoms with Crippen molar-refractivity contribution in [2.75, 3.05) is 13.2 Å². The minimum absolute atomic E-state index is 0.0822. The van der Waals surface area contributed by atoms with E-state index in [9.17, 15) is 14.4 Å². The lowest BCUT2D eigenvalue weighted by Crippen LogP contribution is -2.30. The maximum Gasteiger partial charge on any atom is 0.306 e. The lowest BCUT2D eigenvalue weighted by atomic mass is 10.0. The van der Waals surface area contributed by atoms with Crippen LogP contribution < -0.4 is 0 Å². The highest BCUT2D eigenvalue weighted by Crippen LogP contribution is 2.16. The summed E-state index contributed by atoms with van der Waals surface area (Å²) in [5.41, 5.74) is 0. The van der Waals surface area contributed by atoms with Gasteiger partial charge < -0.3 is 14.2 Å². The van der Waals surface area contributed by atoms with Gasteiger partial charge in [-0.25, -0.2) is 0 Å². The molecule has 0 bridgehead atoms. The predicted octanol–water partition coefficient (Wildman–Crippen LogP) is 24.1. The molecular weight excluding hydrogens is 1020 g/mol. The lowest BCUT2D eigenvalue weighted by Gasteiger charge is -2.18. The van der Waals surface area contributed by atoms with Crippen LogP contribution in [0.5, 0.6) is 0 Å². The Balaban J connectivity index is 4.29. The maximum absolute atomic E-state index is 12.9. The zero-order valence-electron chi connectivity index (χ0n) is 54.2. The van der Waals surface area contributed by atoms with Gasteiger partial charge in [-0.3, -0.25) is 14.4 Å². The van der Waals surface area contributed by atoms with Crippen LogP contribution in [0.25, 0.3) is 0 Å². The molecule has 0 aliphatic heterocycles. The van der Waals surface area contributed by atoms with Crippen molar-refractivity contribution in [3.05, 3.63) is 134 Å². The van der Waals surface area contributed by atoms with Gasteiger partial charge in [-0.1, -0.05) is 315 Å². The molecule has 0 radical (unpaired) electrons. The van der Waals surface area contributed by atoms with Gasteiger partial charge in [0.15, 0.2) is 6.10 Å². The lowest BCUT2D eigenvalue weighted by molar-refractivity contribution is -0.167. The molecule has 0 aromatic heterocycles. The number of carbonyl (C=O) groups excluding carboxylic acids is 3. The van der Waals surface area contributed by atoms with Gasteiger partial charge in [-0.2, -0.15) is 0 Å². The largest absolute Gasteiger partial charge is 0.462 e. The fraction of sp³-hybridized carbons (Fsp3) is 0.675. The first-order valence-electron chi connectivity index (χ1n) is 34.7. The summed E-state index contributed by atoms with van der Waals surface area (Å²) in [6.07, 6.45) is 99.0. The van der Waals surface area contributed by atoms with Crippen LogP contribution >= 0.6 is 0 Å². The van der Waals surface area contributed by atoms with E-state index in [4.69, 9.17) is 14.2 Å². The zero-order valence-corrected chi connectivity index (χ0v) is 54.2. The van der Waals surface area contributed by atoms with Gasteiger partial charge in [0.05, 0.1) is 0 Å². The number of ether oxygens (including phenoxy) is 3. The van der Waals surface area contributed by atoms with Gasteiger partial charge >= 0.3 is 17.9 Å². The van der Waals surface area contributed by atoms with E-state index in [0.717, 1.165) is 135 Å². The number of rotatable bonds is 62. The summed E-state index contributed by atoms with van der Waals surface area (Å²) in [6, 6.07) is 0. The van der Waals surface area contributed by atoms with E-state index in [0.29, 0.717) is 19.3 Å². The van der Waals surface area contributed by atoms with Crippen molar-refractivity contribution in [3.8, 4) is 0 Å². The Morgan fingerprint density at radius 2 is 0.470 bits per heavy atom. The van der Waals surface area contributed by atoms with Crippen LogP contribution in [0.3, 0.4) is 0 Å². The molecule has 0 amide bonds. The highest BCUT2D eigenvalue weighted by Gasteiger charge is 2.19. The van der Waals surface area contributed by atoms with Crippen LogP contribution in [0, 0.1) is 0 Å². The Kier molecular flexibility index (Phi) is 66.3. The van der Waals surface area contributed by atoms with E-state index in [1.807, 2.05) is 0 Å². The molecule has 0 aromatic carbocycles. The molecule has 0 rings (SSSR count). The fourth-order valence-electron chi connectivity index (χ4n) is 9.53. The SMILES string of the molecule is CC/C=C\C/C=C\C/C=C\C/C=C\C/C=C\C/C=C\C/C=C\CCCCCCCCCC(=O)OCC(COC(=O)CCCCCCCCCCCCC)OC(=O)CCCCCCCCCCCCCC/C=C\C/C=C\C/C=C\C/C=C\CC. The molecular formula is C77H128O6. The van der Waals surface area contributed by atoms with Crippen molar-refractivity contribution in [2.24, 2.45) is 0 Å². The van der Waals surface area contributed by atoms with Crippen LogP contribution in [0.4, 0.5) is 0 Å². The summed E-state index contributed by atoms with van der Waals surface area (Å²) in [4.78, 5) is 38.4. The third kappa shape index (κ3) is 68.2. The number of esters is 3. The Bertz CT molecular complexity index is 1750. The maximum atomic E-state index is 12.9. The van der Waals surface area contributed by atoms with Gasteiger partial charge in [-0.15, -0.1) is 0 Å². The van der Waals surface area contributed by atoms with Crippen molar-refractivity contribution < 1.29 is 28.6 Å². The molecule has 1 unspecified atom stereocenters. The highest BCUT2D eigenvalue weighted by molar-refractivity contribution is 5.71. The zero-order chi connectivity index (χ0) is 59.9. The van der Waals surface area contributed by atoms with Crippen LogP contribution in [0.15, 0.2) is 134 Å². The molecule has 0 aliphatic carbocycles. The second-order valence-corrected chi connectivity index (χ2v) is 22.7.